The molecule has 166 valence electrons. The highest BCUT2D eigenvalue weighted by atomic mass is 32.2. The van der Waals surface area contributed by atoms with Crippen molar-refractivity contribution >= 4 is 22.4 Å². The van der Waals surface area contributed by atoms with Gasteiger partial charge in [-0.05, 0) is 44.7 Å². The molecule has 0 radical (unpaired) electrons. The molecule has 0 unspecified atom stereocenters. The summed E-state index contributed by atoms with van der Waals surface area (Å²) in [6, 6.07) is 7.53. The van der Waals surface area contributed by atoms with Crippen molar-refractivity contribution in [3.05, 3.63) is 35.4 Å². The van der Waals surface area contributed by atoms with Crippen LogP contribution in [0.1, 0.15) is 53.4 Å². The second-order valence-corrected chi connectivity index (χ2v) is 10.6. The highest BCUT2D eigenvalue weighted by Gasteiger charge is 2.52. The van der Waals surface area contributed by atoms with Crippen molar-refractivity contribution in [3.63, 3.8) is 0 Å². The third kappa shape index (κ3) is 4.02. The summed E-state index contributed by atoms with van der Waals surface area (Å²) < 4.78 is 25.4. The molecule has 1 aromatic rings. The first-order chi connectivity index (χ1) is 14.1. The SMILES string of the molecule is COCO[C@]12CCC(C)=C(CC[C@@H](C)C(=O)N(C)c3ccccc3[S@@](=O)C1)C2(C)C. The lowest BCUT2D eigenvalue weighted by atomic mass is 9.61. The van der Waals surface area contributed by atoms with E-state index in [2.05, 4.69) is 20.8 Å². The molecule has 1 aliphatic carbocycles. The van der Waals surface area contributed by atoms with E-state index in [1.165, 1.54) is 11.1 Å². The Hall–Kier alpha value is -1.50. The second-order valence-electron chi connectivity index (χ2n) is 9.22. The van der Waals surface area contributed by atoms with E-state index in [1.54, 1.807) is 19.1 Å². The third-order valence-electron chi connectivity index (χ3n) is 7.18. The van der Waals surface area contributed by atoms with E-state index in [0.29, 0.717) is 10.6 Å². The number of amides is 1. The molecule has 30 heavy (non-hydrogen) atoms. The van der Waals surface area contributed by atoms with E-state index < -0.39 is 16.4 Å². The second kappa shape index (κ2) is 8.93. The number of hydrogen-bond acceptors (Lipinski definition) is 4. The van der Waals surface area contributed by atoms with Gasteiger partial charge in [-0.3, -0.25) is 9.00 Å². The predicted octanol–water partition coefficient (Wildman–Crippen LogP) is 4.68. The van der Waals surface area contributed by atoms with Crippen LogP contribution in [0.2, 0.25) is 0 Å². The molecule has 1 aromatic carbocycles. The van der Waals surface area contributed by atoms with Gasteiger partial charge in [0.05, 0.1) is 32.7 Å². The van der Waals surface area contributed by atoms with Crippen LogP contribution in [-0.4, -0.2) is 42.4 Å². The largest absolute Gasteiger partial charge is 0.359 e. The number of para-hydroxylation sites is 1. The molecule has 1 heterocycles. The number of hydrogen-bond donors (Lipinski definition) is 0. The van der Waals surface area contributed by atoms with Gasteiger partial charge in [-0.2, -0.15) is 0 Å². The Morgan fingerprint density at radius 2 is 1.93 bits per heavy atom. The first-order valence-electron chi connectivity index (χ1n) is 10.7. The van der Waals surface area contributed by atoms with Gasteiger partial charge in [0.25, 0.3) is 0 Å². The highest BCUT2D eigenvalue weighted by molar-refractivity contribution is 7.85. The van der Waals surface area contributed by atoms with Crippen molar-refractivity contribution < 1.29 is 18.5 Å². The zero-order chi connectivity index (χ0) is 22.1. The van der Waals surface area contributed by atoms with E-state index in [9.17, 15) is 9.00 Å². The minimum atomic E-state index is -1.33. The molecule has 1 aliphatic heterocycles. The Kier molecular flexibility index (Phi) is 6.90. The topological polar surface area (TPSA) is 55.8 Å². The van der Waals surface area contributed by atoms with Crippen LogP contribution in [0.25, 0.3) is 0 Å². The summed E-state index contributed by atoms with van der Waals surface area (Å²) in [4.78, 5) is 15.5. The summed E-state index contributed by atoms with van der Waals surface area (Å²) in [6.45, 7) is 8.75. The smallest absolute Gasteiger partial charge is 0.229 e. The van der Waals surface area contributed by atoms with Gasteiger partial charge in [0.1, 0.15) is 6.79 Å². The van der Waals surface area contributed by atoms with Crippen molar-refractivity contribution in [2.24, 2.45) is 11.3 Å². The highest BCUT2D eigenvalue weighted by Crippen LogP contribution is 2.52. The Balaban J connectivity index is 2.17. The van der Waals surface area contributed by atoms with Crippen LogP contribution >= 0.6 is 0 Å². The fourth-order valence-electron chi connectivity index (χ4n) is 5.06. The predicted molar refractivity (Wildman–Crippen MR) is 121 cm³/mol. The molecule has 2 bridgehead atoms. The number of carbonyl (C=O) groups is 1. The molecule has 1 amide bonds. The van der Waals surface area contributed by atoms with Crippen LogP contribution in [0.3, 0.4) is 0 Å². The molecule has 0 saturated heterocycles. The van der Waals surface area contributed by atoms with Gasteiger partial charge in [-0.25, -0.2) is 0 Å². The van der Waals surface area contributed by atoms with Gasteiger partial charge in [-0.1, -0.05) is 44.1 Å². The fourth-order valence-corrected chi connectivity index (χ4v) is 6.89. The number of fused-ring (bicyclic) bond motifs is 3. The number of methoxy groups -OCH3 is 1. The van der Waals surface area contributed by atoms with E-state index in [1.807, 2.05) is 31.2 Å². The molecule has 6 heteroatoms. The zero-order valence-electron chi connectivity index (χ0n) is 19.1. The summed E-state index contributed by atoms with van der Waals surface area (Å²) in [5.74, 6) is 0.311. The molecule has 0 saturated carbocycles. The Bertz CT molecular complexity index is 863. The average molecular weight is 434 g/mol. The Morgan fingerprint density at radius 1 is 1.23 bits per heavy atom. The molecular weight excluding hydrogens is 398 g/mol. The van der Waals surface area contributed by atoms with Crippen LogP contribution < -0.4 is 4.90 Å². The number of allylic oxidation sites excluding steroid dienone is 1. The normalized spacial score (nSPS) is 29.8. The Labute approximate surface area is 183 Å². The molecule has 3 atom stereocenters. The van der Waals surface area contributed by atoms with E-state index in [-0.39, 0.29) is 24.0 Å². The summed E-state index contributed by atoms with van der Waals surface area (Å²) in [5.41, 5.74) is 2.51. The maximum atomic E-state index is 13.7. The number of nitrogens with zero attached hydrogens (tertiary/aromatic N) is 1. The summed E-state index contributed by atoms with van der Waals surface area (Å²) in [6.07, 6.45) is 3.33. The monoisotopic (exact) mass is 433 g/mol. The molecular formula is C24H35NO4S. The van der Waals surface area contributed by atoms with Crippen molar-refractivity contribution in [2.75, 3.05) is 31.6 Å². The number of rotatable bonds is 3. The van der Waals surface area contributed by atoms with Gasteiger partial charge in [0.15, 0.2) is 0 Å². The third-order valence-corrected chi connectivity index (χ3v) is 8.75. The van der Waals surface area contributed by atoms with Crippen LogP contribution in [0, 0.1) is 11.3 Å². The summed E-state index contributed by atoms with van der Waals surface area (Å²) in [7, 11) is 2.08. The van der Waals surface area contributed by atoms with Gasteiger partial charge in [0, 0.05) is 25.5 Å². The number of benzene rings is 1. The molecule has 2 aliphatic rings. The van der Waals surface area contributed by atoms with Gasteiger partial charge < -0.3 is 14.4 Å². The number of anilines is 1. The van der Waals surface area contributed by atoms with E-state index >= 15 is 0 Å². The molecule has 0 aromatic heterocycles. The van der Waals surface area contributed by atoms with Crippen LogP contribution in [-0.2, 0) is 25.1 Å². The standard InChI is InChI=1S/C24H35NO4S/c1-17-13-14-24(29-16-28-6)15-30(27)21-10-8-7-9-20(21)25(5)22(26)18(2)11-12-19(17)23(24,3)4/h7-10,18H,11-16H2,1-6H3/t18-,24-,30+/m1/s1. The first kappa shape index (κ1) is 23.2. The summed E-state index contributed by atoms with van der Waals surface area (Å²) >= 11 is 0. The lowest BCUT2D eigenvalue weighted by Gasteiger charge is -2.51. The maximum Gasteiger partial charge on any atom is 0.229 e. The number of ether oxygens (including phenoxy) is 2. The fraction of sp³-hybridized carbons (Fsp3) is 0.625. The lowest BCUT2D eigenvalue weighted by Crippen LogP contribution is -2.54. The number of carbonyl (C=O) groups excluding carboxylic acids is 1. The molecule has 0 spiro atoms. The van der Waals surface area contributed by atoms with Crippen molar-refractivity contribution in [2.45, 2.75) is 63.9 Å². The Morgan fingerprint density at radius 3 is 2.63 bits per heavy atom. The van der Waals surface area contributed by atoms with Crippen LogP contribution in [0.5, 0.6) is 0 Å². The molecule has 0 fully saturated rings. The molecule has 5 nitrogen and oxygen atoms in total. The van der Waals surface area contributed by atoms with Crippen molar-refractivity contribution in [1.29, 1.82) is 0 Å². The lowest BCUT2D eigenvalue weighted by molar-refractivity contribution is -0.167. The quantitative estimate of drug-likeness (QED) is 0.513. The average Bonchev–Trinajstić information content (AvgIpc) is 2.72. The maximum absolute atomic E-state index is 13.7. The summed E-state index contributed by atoms with van der Waals surface area (Å²) in [5, 5.41) is 0. The molecule has 0 N–H and O–H groups in total. The first-order valence-corrected chi connectivity index (χ1v) is 12.0. The van der Waals surface area contributed by atoms with E-state index in [0.717, 1.165) is 31.4 Å². The van der Waals surface area contributed by atoms with Gasteiger partial charge in [0.2, 0.25) is 5.91 Å². The molecule has 3 rings (SSSR count). The van der Waals surface area contributed by atoms with Crippen LogP contribution in [0.4, 0.5) is 5.69 Å². The van der Waals surface area contributed by atoms with Crippen molar-refractivity contribution in [3.8, 4) is 0 Å². The van der Waals surface area contributed by atoms with Gasteiger partial charge in [-0.15, -0.1) is 0 Å². The van der Waals surface area contributed by atoms with Crippen LogP contribution in [0.15, 0.2) is 40.3 Å². The van der Waals surface area contributed by atoms with Crippen molar-refractivity contribution in [1.82, 2.24) is 0 Å². The van der Waals surface area contributed by atoms with Gasteiger partial charge >= 0.3 is 0 Å². The minimum absolute atomic E-state index is 0.0637. The zero-order valence-corrected chi connectivity index (χ0v) is 19.9. The minimum Gasteiger partial charge on any atom is -0.359 e. The van der Waals surface area contributed by atoms with E-state index in [4.69, 9.17) is 9.47 Å².